The minimum atomic E-state index is -1.07. The van der Waals surface area contributed by atoms with Crippen molar-refractivity contribution in [2.75, 3.05) is 19.1 Å². The Labute approximate surface area is 200 Å². The number of hydrogen-bond acceptors (Lipinski definition) is 5. The van der Waals surface area contributed by atoms with Crippen molar-refractivity contribution in [2.45, 2.75) is 13.0 Å². The zero-order chi connectivity index (χ0) is 24.6. The molecule has 1 saturated heterocycles. The average molecular weight is 482 g/mol. The third-order valence-corrected chi connectivity index (χ3v) is 5.96. The minimum absolute atomic E-state index is 0.154. The van der Waals surface area contributed by atoms with E-state index in [1.807, 2.05) is 6.92 Å². The number of rotatable bonds is 5. The Kier molecular flexibility index (Phi) is 6.30. The lowest BCUT2D eigenvalue weighted by Crippen LogP contribution is -2.29. The topological polar surface area (TPSA) is 76.1 Å². The van der Waals surface area contributed by atoms with Gasteiger partial charge >= 0.3 is 0 Å². The lowest BCUT2D eigenvalue weighted by Gasteiger charge is -2.27. The number of ketones is 1. The summed E-state index contributed by atoms with van der Waals surface area (Å²) in [5.41, 5.74) is 1.57. The van der Waals surface area contributed by atoms with E-state index in [4.69, 9.17) is 21.1 Å². The van der Waals surface area contributed by atoms with Gasteiger partial charge in [-0.25, -0.2) is 4.39 Å². The van der Waals surface area contributed by atoms with E-state index < -0.39 is 29.3 Å². The molecule has 0 bridgehead atoms. The monoisotopic (exact) mass is 481 g/mol. The lowest BCUT2D eigenvalue weighted by molar-refractivity contribution is -0.132. The molecule has 8 heteroatoms. The Morgan fingerprint density at radius 3 is 2.38 bits per heavy atom. The molecule has 174 valence electrons. The van der Waals surface area contributed by atoms with Gasteiger partial charge in [0.05, 0.1) is 36.4 Å². The van der Waals surface area contributed by atoms with Gasteiger partial charge in [-0.05, 0) is 43.3 Å². The summed E-state index contributed by atoms with van der Waals surface area (Å²) in [5, 5.41) is 11.2. The Morgan fingerprint density at radius 1 is 1.00 bits per heavy atom. The number of hydrogen-bond donors (Lipinski definition) is 1. The van der Waals surface area contributed by atoms with Crippen LogP contribution in [0.5, 0.6) is 11.5 Å². The normalized spacial score (nSPS) is 17.2. The second-order valence-corrected chi connectivity index (χ2v) is 8.12. The van der Waals surface area contributed by atoms with Gasteiger partial charge in [0, 0.05) is 11.3 Å². The second kappa shape index (κ2) is 9.19. The molecule has 1 amide bonds. The fraction of sp³-hybridized carbons (Fsp3) is 0.154. The zero-order valence-corrected chi connectivity index (χ0v) is 19.4. The van der Waals surface area contributed by atoms with Crippen LogP contribution >= 0.6 is 11.6 Å². The zero-order valence-electron chi connectivity index (χ0n) is 18.6. The smallest absolute Gasteiger partial charge is 0.300 e. The molecule has 1 aliphatic rings. The first-order valence-electron chi connectivity index (χ1n) is 10.3. The molecule has 4 rings (SSSR count). The molecule has 3 aromatic carbocycles. The first-order valence-corrected chi connectivity index (χ1v) is 10.7. The van der Waals surface area contributed by atoms with Crippen LogP contribution < -0.4 is 14.4 Å². The number of methoxy groups -OCH3 is 2. The van der Waals surface area contributed by atoms with Crippen molar-refractivity contribution in [3.63, 3.8) is 0 Å². The van der Waals surface area contributed by atoms with Crippen LogP contribution in [-0.2, 0) is 9.59 Å². The van der Waals surface area contributed by atoms with Crippen LogP contribution in [0.15, 0.2) is 66.2 Å². The molecule has 3 aromatic rings. The van der Waals surface area contributed by atoms with Gasteiger partial charge < -0.3 is 14.6 Å². The number of Topliss-reactive ketones (excluding diaryl/α,β-unsaturated/α-hetero) is 1. The largest absolute Gasteiger partial charge is 0.507 e. The molecule has 1 atom stereocenters. The molecule has 0 aromatic heterocycles. The summed E-state index contributed by atoms with van der Waals surface area (Å²) in [4.78, 5) is 27.8. The number of carbonyl (C=O) groups is 2. The van der Waals surface area contributed by atoms with E-state index in [1.54, 1.807) is 42.5 Å². The summed E-state index contributed by atoms with van der Waals surface area (Å²) in [6.07, 6.45) is 0. The number of carbonyl (C=O) groups excluding carboxylic acids is 2. The Morgan fingerprint density at radius 2 is 1.71 bits per heavy atom. The van der Waals surface area contributed by atoms with Gasteiger partial charge in [0.15, 0.2) is 0 Å². The van der Waals surface area contributed by atoms with E-state index in [-0.39, 0.29) is 21.8 Å². The highest BCUT2D eigenvalue weighted by atomic mass is 35.5. The molecule has 0 saturated carbocycles. The van der Waals surface area contributed by atoms with Crippen molar-refractivity contribution in [1.82, 2.24) is 0 Å². The Balaban J connectivity index is 2.03. The van der Waals surface area contributed by atoms with Gasteiger partial charge in [-0.15, -0.1) is 0 Å². The molecule has 34 heavy (non-hydrogen) atoms. The highest BCUT2D eigenvalue weighted by molar-refractivity contribution is 6.52. The predicted molar refractivity (Wildman–Crippen MR) is 127 cm³/mol. The summed E-state index contributed by atoms with van der Waals surface area (Å²) in [6, 6.07) is 14.6. The van der Waals surface area contributed by atoms with Crippen LogP contribution in [0.25, 0.3) is 5.76 Å². The summed E-state index contributed by atoms with van der Waals surface area (Å²) >= 11 is 5.98. The summed E-state index contributed by atoms with van der Waals surface area (Å²) in [5.74, 6) is -2.14. The summed E-state index contributed by atoms with van der Waals surface area (Å²) < 4.78 is 24.7. The first kappa shape index (κ1) is 23.3. The number of aryl methyl sites for hydroxylation is 1. The first-order chi connectivity index (χ1) is 16.3. The molecule has 6 nitrogen and oxygen atoms in total. The number of benzene rings is 3. The Bertz CT molecular complexity index is 1340. The van der Waals surface area contributed by atoms with Crippen LogP contribution in [0.3, 0.4) is 0 Å². The number of aliphatic hydroxyl groups is 1. The van der Waals surface area contributed by atoms with Gasteiger partial charge in [-0.2, -0.15) is 0 Å². The Hall–Kier alpha value is -3.84. The maximum absolute atomic E-state index is 13.9. The van der Waals surface area contributed by atoms with Gasteiger partial charge in [-0.3, -0.25) is 14.5 Å². The molecule has 1 aliphatic heterocycles. The number of nitrogens with zero attached hydrogens (tertiary/aromatic N) is 1. The third-order valence-electron chi connectivity index (χ3n) is 5.67. The summed E-state index contributed by atoms with van der Waals surface area (Å²) in [7, 11) is 2.90. The van der Waals surface area contributed by atoms with Crippen molar-refractivity contribution < 1.29 is 28.6 Å². The van der Waals surface area contributed by atoms with Gasteiger partial charge in [0.2, 0.25) is 0 Å². The van der Waals surface area contributed by atoms with Gasteiger partial charge in [0.1, 0.15) is 23.1 Å². The van der Waals surface area contributed by atoms with Crippen LogP contribution in [0.4, 0.5) is 10.1 Å². The number of amides is 1. The standard InChI is InChI=1S/C26H21ClFNO5/c1-14-8-11-21(34-3)17(12-14)24(30)22-23(16-6-4-5-7-20(16)33-2)29(26(32)25(22)31)15-9-10-19(28)18(27)13-15/h4-13,23,30H,1-3H3/b24-22+. The highest BCUT2D eigenvalue weighted by Crippen LogP contribution is 2.46. The van der Waals surface area contributed by atoms with Crippen molar-refractivity contribution >= 4 is 34.7 Å². The maximum atomic E-state index is 13.9. The van der Waals surface area contributed by atoms with Gasteiger partial charge in [0.25, 0.3) is 11.7 Å². The van der Waals surface area contributed by atoms with Crippen molar-refractivity contribution in [2.24, 2.45) is 0 Å². The fourth-order valence-electron chi connectivity index (χ4n) is 4.07. The van der Waals surface area contributed by atoms with E-state index in [0.717, 1.165) is 11.6 Å². The highest BCUT2D eigenvalue weighted by Gasteiger charge is 2.48. The molecular weight excluding hydrogens is 461 g/mol. The number of anilines is 1. The van der Waals surface area contributed by atoms with Gasteiger partial charge in [-0.1, -0.05) is 41.4 Å². The minimum Gasteiger partial charge on any atom is -0.507 e. The molecule has 0 radical (unpaired) electrons. The number of para-hydroxylation sites is 1. The van der Waals surface area contributed by atoms with E-state index in [0.29, 0.717) is 17.1 Å². The van der Waals surface area contributed by atoms with Crippen molar-refractivity contribution in [3.8, 4) is 11.5 Å². The molecule has 1 heterocycles. The molecule has 0 spiro atoms. The summed E-state index contributed by atoms with van der Waals surface area (Å²) in [6.45, 7) is 1.83. The average Bonchev–Trinajstić information content (AvgIpc) is 3.10. The predicted octanol–water partition coefficient (Wildman–Crippen LogP) is 5.43. The quantitative estimate of drug-likeness (QED) is 0.299. The van der Waals surface area contributed by atoms with E-state index in [1.165, 1.54) is 31.3 Å². The van der Waals surface area contributed by atoms with Crippen LogP contribution in [0, 0.1) is 12.7 Å². The lowest BCUT2D eigenvalue weighted by atomic mass is 9.93. The molecular formula is C26H21ClFNO5. The van der Waals surface area contributed by atoms with E-state index in [9.17, 15) is 19.1 Å². The second-order valence-electron chi connectivity index (χ2n) is 7.71. The number of aliphatic hydroxyl groups excluding tert-OH is 1. The third kappa shape index (κ3) is 3.88. The molecule has 1 fully saturated rings. The van der Waals surface area contributed by atoms with Crippen molar-refractivity contribution in [1.29, 1.82) is 0 Å². The number of ether oxygens (including phenoxy) is 2. The molecule has 1 N–H and O–H groups in total. The van der Waals surface area contributed by atoms with Crippen LogP contribution in [0.1, 0.15) is 22.7 Å². The van der Waals surface area contributed by atoms with Crippen LogP contribution in [0.2, 0.25) is 5.02 Å². The van der Waals surface area contributed by atoms with E-state index in [2.05, 4.69) is 0 Å². The number of halogens is 2. The van der Waals surface area contributed by atoms with Crippen molar-refractivity contribution in [3.05, 3.63) is 93.8 Å². The maximum Gasteiger partial charge on any atom is 0.300 e. The van der Waals surface area contributed by atoms with E-state index >= 15 is 0 Å². The molecule has 1 unspecified atom stereocenters. The molecule has 0 aliphatic carbocycles. The SMILES string of the molecule is COc1ccc(C)cc1/C(O)=C1\C(=O)C(=O)N(c2ccc(F)c(Cl)c2)C1c1ccccc1OC. The van der Waals surface area contributed by atoms with Crippen LogP contribution in [-0.4, -0.2) is 31.0 Å². The fourth-order valence-corrected chi connectivity index (χ4v) is 4.25.